The monoisotopic (exact) mass is 307 g/mol. The van der Waals surface area contributed by atoms with E-state index in [9.17, 15) is 4.79 Å². The number of ether oxygens (including phenoxy) is 1. The van der Waals surface area contributed by atoms with E-state index in [0.29, 0.717) is 17.3 Å². The van der Waals surface area contributed by atoms with Gasteiger partial charge < -0.3 is 14.6 Å². The van der Waals surface area contributed by atoms with Crippen molar-refractivity contribution in [3.8, 4) is 5.75 Å². The second kappa shape index (κ2) is 8.32. The van der Waals surface area contributed by atoms with Crippen LogP contribution in [0.2, 0.25) is 5.02 Å². The molecule has 5 nitrogen and oxygen atoms in total. The normalized spacial score (nSPS) is 10.3. The van der Waals surface area contributed by atoms with E-state index in [-0.39, 0.29) is 12.5 Å². The standard InChI is InChI=1S/C15H18ClN3O2/c16-13-3-5-14(6-4-13)21-11-15(20)18-7-1-2-9-19-10-8-17-12-19/h3-6,8,10,12H,1-2,7,9,11H2,(H,18,20). The Morgan fingerprint density at radius 3 is 2.81 bits per heavy atom. The lowest BCUT2D eigenvalue weighted by Crippen LogP contribution is -2.29. The topological polar surface area (TPSA) is 56.1 Å². The molecule has 6 heteroatoms. The van der Waals surface area contributed by atoms with Crippen LogP contribution in [-0.2, 0) is 11.3 Å². The number of rotatable bonds is 8. The minimum absolute atomic E-state index is 0.0170. The number of nitrogens with zero attached hydrogens (tertiary/aromatic N) is 2. The lowest BCUT2D eigenvalue weighted by Gasteiger charge is -2.07. The predicted molar refractivity (Wildman–Crippen MR) is 81.4 cm³/mol. The van der Waals surface area contributed by atoms with Gasteiger partial charge >= 0.3 is 0 Å². The van der Waals surface area contributed by atoms with Gasteiger partial charge in [-0.05, 0) is 37.1 Å². The molecule has 112 valence electrons. The number of halogens is 1. The molecular formula is C15H18ClN3O2. The molecule has 21 heavy (non-hydrogen) atoms. The van der Waals surface area contributed by atoms with Gasteiger partial charge in [0.15, 0.2) is 6.61 Å². The number of benzene rings is 1. The summed E-state index contributed by atoms with van der Waals surface area (Å²) in [4.78, 5) is 15.6. The number of amides is 1. The Labute approximate surface area is 128 Å². The first-order chi connectivity index (χ1) is 10.2. The molecule has 1 heterocycles. The molecule has 0 saturated carbocycles. The number of unbranched alkanes of at least 4 members (excludes halogenated alkanes) is 1. The molecule has 0 aliphatic rings. The number of hydrogen-bond acceptors (Lipinski definition) is 3. The van der Waals surface area contributed by atoms with Crippen molar-refractivity contribution < 1.29 is 9.53 Å². The van der Waals surface area contributed by atoms with E-state index in [2.05, 4.69) is 10.3 Å². The van der Waals surface area contributed by atoms with E-state index >= 15 is 0 Å². The van der Waals surface area contributed by atoms with Crippen LogP contribution in [-0.4, -0.2) is 28.6 Å². The van der Waals surface area contributed by atoms with Gasteiger partial charge in [0.05, 0.1) is 6.33 Å². The molecule has 2 rings (SSSR count). The van der Waals surface area contributed by atoms with Crippen molar-refractivity contribution in [3.63, 3.8) is 0 Å². The summed E-state index contributed by atoms with van der Waals surface area (Å²) in [5.74, 6) is 0.516. The lowest BCUT2D eigenvalue weighted by atomic mass is 10.3. The highest BCUT2D eigenvalue weighted by Gasteiger charge is 2.02. The van der Waals surface area contributed by atoms with Gasteiger partial charge in [0, 0.05) is 30.5 Å². The van der Waals surface area contributed by atoms with Crippen LogP contribution in [0.15, 0.2) is 43.0 Å². The molecule has 0 unspecified atom stereocenters. The molecule has 0 saturated heterocycles. The van der Waals surface area contributed by atoms with Crippen LogP contribution in [0.1, 0.15) is 12.8 Å². The van der Waals surface area contributed by atoms with E-state index in [1.165, 1.54) is 0 Å². The van der Waals surface area contributed by atoms with Crippen molar-refractivity contribution >= 4 is 17.5 Å². The summed E-state index contributed by atoms with van der Waals surface area (Å²) in [6.45, 7) is 1.58. The Kier molecular flexibility index (Phi) is 6.09. The molecule has 0 spiro atoms. The first-order valence-corrected chi connectivity index (χ1v) is 7.22. The minimum Gasteiger partial charge on any atom is -0.484 e. The van der Waals surface area contributed by atoms with Crippen LogP contribution < -0.4 is 10.1 Å². The molecule has 1 amide bonds. The van der Waals surface area contributed by atoms with Crippen molar-refractivity contribution in [2.75, 3.05) is 13.2 Å². The van der Waals surface area contributed by atoms with E-state index < -0.39 is 0 Å². The molecule has 0 radical (unpaired) electrons. The Balaban J connectivity index is 1.54. The number of imidazole rings is 1. The highest BCUT2D eigenvalue weighted by atomic mass is 35.5. The Morgan fingerprint density at radius 2 is 2.10 bits per heavy atom. The molecule has 0 bridgehead atoms. The van der Waals surface area contributed by atoms with Crippen molar-refractivity contribution in [1.29, 1.82) is 0 Å². The van der Waals surface area contributed by atoms with Gasteiger partial charge in [0.25, 0.3) is 5.91 Å². The van der Waals surface area contributed by atoms with Crippen LogP contribution in [0.25, 0.3) is 0 Å². The number of aromatic nitrogens is 2. The Bertz CT molecular complexity index is 541. The maximum absolute atomic E-state index is 11.6. The van der Waals surface area contributed by atoms with Crippen LogP contribution in [0.4, 0.5) is 0 Å². The fourth-order valence-corrected chi connectivity index (χ4v) is 1.92. The maximum Gasteiger partial charge on any atom is 0.257 e. The van der Waals surface area contributed by atoms with E-state index in [0.717, 1.165) is 19.4 Å². The zero-order valence-corrected chi connectivity index (χ0v) is 12.4. The smallest absolute Gasteiger partial charge is 0.257 e. The third-order valence-electron chi connectivity index (χ3n) is 2.91. The van der Waals surface area contributed by atoms with Gasteiger partial charge in [-0.15, -0.1) is 0 Å². The minimum atomic E-state index is -0.118. The molecule has 0 atom stereocenters. The molecular weight excluding hydrogens is 290 g/mol. The van der Waals surface area contributed by atoms with Crippen molar-refractivity contribution in [2.45, 2.75) is 19.4 Å². The summed E-state index contributed by atoms with van der Waals surface area (Å²) in [6.07, 6.45) is 7.40. The summed E-state index contributed by atoms with van der Waals surface area (Å²) in [5, 5.41) is 3.47. The number of hydrogen-bond donors (Lipinski definition) is 1. The molecule has 1 aromatic heterocycles. The Hall–Kier alpha value is -2.01. The average molecular weight is 308 g/mol. The summed E-state index contributed by atoms with van der Waals surface area (Å²) in [5.41, 5.74) is 0. The Morgan fingerprint density at radius 1 is 1.29 bits per heavy atom. The van der Waals surface area contributed by atoms with Gasteiger partial charge in [-0.1, -0.05) is 11.6 Å². The number of nitrogens with one attached hydrogen (secondary N) is 1. The van der Waals surface area contributed by atoms with E-state index in [1.807, 2.05) is 10.8 Å². The van der Waals surface area contributed by atoms with Gasteiger partial charge in [-0.25, -0.2) is 4.98 Å². The third-order valence-corrected chi connectivity index (χ3v) is 3.16. The molecule has 2 aromatic rings. The predicted octanol–water partition coefficient (Wildman–Crippen LogP) is 2.51. The zero-order chi connectivity index (χ0) is 14.9. The van der Waals surface area contributed by atoms with Crippen LogP contribution >= 0.6 is 11.6 Å². The SMILES string of the molecule is O=C(COc1ccc(Cl)cc1)NCCCCn1ccnc1. The highest BCUT2D eigenvalue weighted by Crippen LogP contribution is 2.15. The molecule has 1 N–H and O–H groups in total. The van der Waals surface area contributed by atoms with Crippen molar-refractivity contribution in [3.05, 3.63) is 48.0 Å². The summed E-state index contributed by atoms with van der Waals surface area (Å²) in [7, 11) is 0. The second-order valence-corrected chi connectivity index (χ2v) is 5.04. The van der Waals surface area contributed by atoms with Crippen molar-refractivity contribution in [2.24, 2.45) is 0 Å². The summed E-state index contributed by atoms with van der Waals surface area (Å²) >= 11 is 5.77. The van der Waals surface area contributed by atoms with Crippen LogP contribution in [0.3, 0.4) is 0 Å². The van der Waals surface area contributed by atoms with Gasteiger partial charge in [-0.2, -0.15) is 0 Å². The van der Waals surface area contributed by atoms with Gasteiger partial charge in [0.1, 0.15) is 5.75 Å². The summed E-state index contributed by atoms with van der Waals surface area (Å²) < 4.78 is 7.37. The van der Waals surface area contributed by atoms with E-state index in [4.69, 9.17) is 16.3 Å². The summed E-state index contributed by atoms with van der Waals surface area (Å²) in [6, 6.07) is 6.93. The first kappa shape index (κ1) is 15.4. The first-order valence-electron chi connectivity index (χ1n) is 6.85. The number of aryl methyl sites for hydroxylation is 1. The lowest BCUT2D eigenvalue weighted by molar-refractivity contribution is -0.123. The van der Waals surface area contributed by atoms with E-state index in [1.54, 1.807) is 36.8 Å². The van der Waals surface area contributed by atoms with Gasteiger partial charge in [0.2, 0.25) is 0 Å². The third kappa shape index (κ3) is 5.87. The van der Waals surface area contributed by atoms with Crippen LogP contribution in [0.5, 0.6) is 5.75 Å². The number of carbonyl (C=O) groups excluding carboxylic acids is 1. The quantitative estimate of drug-likeness (QED) is 0.762. The fraction of sp³-hybridized carbons (Fsp3) is 0.333. The molecule has 1 aromatic carbocycles. The number of carbonyl (C=O) groups is 1. The van der Waals surface area contributed by atoms with Crippen molar-refractivity contribution in [1.82, 2.24) is 14.9 Å². The highest BCUT2D eigenvalue weighted by molar-refractivity contribution is 6.30. The zero-order valence-electron chi connectivity index (χ0n) is 11.7. The maximum atomic E-state index is 11.6. The average Bonchev–Trinajstić information content (AvgIpc) is 2.99. The largest absolute Gasteiger partial charge is 0.484 e. The molecule has 0 aliphatic carbocycles. The second-order valence-electron chi connectivity index (χ2n) is 4.60. The van der Waals surface area contributed by atoms with Crippen LogP contribution in [0, 0.1) is 0 Å². The van der Waals surface area contributed by atoms with Gasteiger partial charge in [-0.3, -0.25) is 4.79 Å². The molecule has 0 fully saturated rings. The fourth-order valence-electron chi connectivity index (χ4n) is 1.80. The molecule has 0 aliphatic heterocycles.